The first-order valence-corrected chi connectivity index (χ1v) is 8.57. The predicted molar refractivity (Wildman–Crippen MR) is 95.6 cm³/mol. The summed E-state index contributed by atoms with van der Waals surface area (Å²) >= 11 is 12.0. The number of aliphatic imine (C=N–C) groups is 1. The van der Waals surface area contributed by atoms with Crippen LogP contribution in [-0.2, 0) is 9.53 Å². The van der Waals surface area contributed by atoms with Crippen LogP contribution in [0.15, 0.2) is 53.0 Å². The summed E-state index contributed by atoms with van der Waals surface area (Å²) in [6, 6.07) is -1.03. The van der Waals surface area contributed by atoms with Crippen molar-refractivity contribution in [3.05, 3.63) is 58.1 Å². The van der Waals surface area contributed by atoms with E-state index in [1.807, 2.05) is 0 Å². The Bertz CT molecular complexity index is 932. The molecule has 6 nitrogen and oxygen atoms in total. The van der Waals surface area contributed by atoms with Crippen LogP contribution in [0, 0.1) is 5.92 Å². The van der Waals surface area contributed by atoms with Crippen LogP contribution in [0.25, 0.3) is 0 Å². The minimum atomic E-state index is -4.62. The second-order valence-electron chi connectivity index (χ2n) is 5.90. The largest absolute Gasteiger partial charge is 0.499 e. The van der Waals surface area contributed by atoms with Gasteiger partial charge in [-0.25, -0.2) is 0 Å². The third-order valence-electron chi connectivity index (χ3n) is 4.15. The molecule has 0 spiro atoms. The predicted octanol–water partition coefficient (Wildman–Crippen LogP) is 3.48. The lowest BCUT2D eigenvalue weighted by Gasteiger charge is -2.31. The quantitative estimate of drug-likeness (QED) is 0.564. The van der Waals surface area contributed by atoms with Gasteiger partial charge in [0.25, 0.3) is 5.91 Å². The van der Waals surface area contributed by atoms with E-state index in [2.05, 4.69) is 10.3 Å². The Morgan fingerprint density at radius 1 is 1.29 bits per heavy atom. The molecule has 2 heterocycles. The molecule has 1 aliphatic carbocycles. The number of hydrogen-bond acceptors (Lipinski definition) is 4. The molecule has 0 aromatic carbocycles. The van der Waals surface area contributed by atoms with Gasteiger partial charge >= 0.3 is 6.18 Å². The smallest absolute Gasteiger partial charge is 0.432 e. The number of amides is 1. The molecular formula is C17H13Cl2F3N3O3+. The van der Waals surface area contributed by atoms with Gasteiger partial charge in [-0.3, -0.25) is 15.0 Å². The normalized spacial score (nSPS) is 21.3. The highest BCUT2D eigenvalue weighted by Crippen LogP contribution is 2.36. The van der Waals surface area contributed by atoms with Crippen molar-refractivity contribution in [3.63, 3.8) is 0 Å². The maximum absolute atomic E-state index is 13.0. The highest BCUT2D eigenvalue weighted by Gasteiger charge is 2.41. The number of carbonyl (C=O) groups excluding carboxylic acids is 1. The van der Waals surface area contributed by atoms with E-state index < -0.39 is 29.8 Å². The van der Waals surface area contributed by atoms with Crippen molar-refractivity contribution in [2.45, 2.75) is 12.2 Å². The number of pyridine rings is 1. The summed E-state index contributed by atoms with van der Waals surface area (Å²) in [7, 11) is 1.32. The number of alkyl halides is 3. The number of nitrogens with one attached hydrogen (secondary N) is 1. The van der Waals surface area contributed by atoms with Crippen LogP contribution in [0.5, 0.6) is 0 Å². The Morgan fingerprint density at radius 3 is 2.50 bits per heavy atom. The number of carbonyl (C=O) groups is 1. The summed E-state index contributed by atoms with van der Waals surface area (Å²) in [5.74, 6) is -1.20. The molecule has 1 amide bonds. The second kappa shape index (κ2) is 7.48. The summed E-state index contributed by atoms with van der Waals surface area (Å²) in [4.78, 5) is 16.5. The molecule has 1 aromatic rings. The van der Waals surface area contributed by atoms with Crippen LogP contribution in [0.4, 0.5) is 18.9 Å². The molecule has 11 heteroatoms. The van der Waals surface area contributed by atoms with Crippen molar-refractivity contribution in [2.24, 2.45) is 10.9 Å². The molecule has 0 radical (unpaired) electrons. The molecule has 2 aliphatic rings. The molecule has 2 N–H and O–H groups in total. The first-order valence-electron chi connectivity index (χ1n) is 7.81. The van der Waals surface area contributed by atoms with Crippen LogP contribution < -0.4 is 10.0 Å². The second-order valence-corrected chi connectivity index (χ2v) is 6.71. The van der Waals surface area contributed by atoms with Gasteiger partial charge in [-0.05, 0) is 18.2 Å². The van der Waals surface area contributed by atoms with E-state index in [4.69, 9.17) is 27.9 Å². The maximum atomic E-state index is 13.0. The molecular weight excluding hydrogens is 422 g/mol. The summed E-state index contributed by atoms with van der Waals surface area (Å²) in [6.07, 6.45) is 2.53. The number of allylic oxidation sites excluding steroid dienone is 3. The number of methoxy groups -OCH3 is 1. The number of nitrogens with zero attached hydrogens (tertiary/aromatic N) is 2. The summed E-state index contributed by atoms with van der Waals surface area (Å²) < 4.78 is 44.8. The average molecular weight is 435 g/mol. The van der Waals surface area contributed by atoms with Crippen LogP contribution in [0.3, 0.4) is 0 Å². The van der Waals surface area contributed by atoms with Gasteiger partial charge in [0.05, 0.1) is 12.8 Å². The number of hydrogen-bond donors (Lipinski definition) is 2. The van der Waals surface area contributed by atoms with Crippen LogP contribution >= 0.6 is 23.2 Å². The number of rotatable bonds is 3. The number of ether oxygens (including phenoxy) is 1. The van der Waals surface area contributed by atoms with E-state index >= 15 is 0 Å². The molecule has 0 bridgehead atoms. The Hall–Kier alpha value is -2.52. The molecule has 2 atom stereocenters. The lowest BCUT2D eigenvalue weighted by molar-refractivity contribution is -0.904. The van der Waals surface area contributed by atoms with E-state index in [0.717, 1.165) is 18.5 Å². The van der Waals surface area contributed by atoms with Crippen LogP contribution in [0.2, 0.25) is 10.0 Å². The van der Waals surface area contributed by atoms with Crippen molar-refractivity contribution in [1.29, 1.82) is 0 Å². The minimum absolute atomic E-state index is 0.0269. The van der Waals surface area contributed by atoms with E-state index in [1.165, 1.54) is 25.3 Å². The molecule has 148 valence electrons. The standard InChI is InChI=1S/C17H12Cl2F3N3O3/c1-28-12-4-2-9(8-3-5-13(17(20,21)22)23-14(8)12)16(26)24-15-10(18)6-25(27)7-11(15)19/h2-8,14,27H,1H3/p+1. The number of aromatic nitrogens is 1. The van der Waals surface area contributed by atoms with Crippen molar-refractivity contribution in [2.75, 3.05) is 12.4 Å². The molecule has 0 saturated heterocycles. The van der Waals surface area contributed by atoms with Crippen molar-refractivity contribution >= 4 is 40.5 Å². The number of dihydropyridines is 1. The average Bonchev–Trinajstić information content (AvgIpc) is 2.62. The first-order chi connectivity index (χ1) is 13.1. The topological polar surface area (TPSA) is 74.8 Å². The molecule has 0 fully saturated rings. The van der Waals surface area contributed by atoms with Gasteiger partial charge in [-0.15, -0.1) is 0 Å². The lowest BCUT2D eigenvalue weighted by atomic mass is 9.83. The Balaban J connectivity index is 1.92. The van der Waals surface area contributed by atoms with Gasteiger partial charge in [0, 0.05) is 16.2 Å². The van der Waals surface area contributed by atoms with E-state index in [9.17, 15) is 23.2 Å². The van der Waals surface area contributed by atoms with Gasteiger partial charge in [0.2, 0.25) is 12.4 Å². The Morgan fingerprint density at radius 2 is 1.93 bits per heavy atom. The van der Waals surface area contributed by atoms with E-state index in [1.54, 1.807) is 0 Å². The highest BCUT2D eigenvalue weighted by molar-refractivity contribution is 6.39. The van der Waals surface area contributed by atoms with Gasteiger partial charge in [-0.2, -0.15) is 13.2 Å². The van der Waals surface area contributed by atoms with Crippen molar-refractivity contribution < 1.29 is 32.6 Å². The lowest BCUT2D eigenvalue weighted by Crippen LogP contribution is -2.36. The number of halogens is 5. The third kappa shape index (κ3) is 3.85. The van der Waals surface area contributed by atoms with Crippen LogP contribution in [0.1, 0.15) is 0 Å². The number of fused-ring (bicyclic) bond motifs is 1. The highest BCUT2D eigenvalue weighted by atomic mass is 35.5. The molecule has 2 unspecified atom stereocenters. The van der Waals surface area contributed by atoms with Crippen LogP contribution in [-0.4, -0.2) is 36.2 Å². The zero-order chi connectivity index (χ0) is 20.6. The monoisotopic (exact) mass is 434 g/mol. The molecule has 28 heavy (non-hydrogen) atoms. The van der Waals surface area contributed by atoms with Gasteiger partial charge in [-0.1, -0.05) is 29.3 Å². The van der Waals surface area contributed by atoms with E-state index in [0.29, 0.717) is 4.73 Å². The Kier molecular flexibility index (Phi) is 5.40. The van der Waals surface area contributed by atoms with Crippen molar-refractivity contribution in [1.82, 2.24) is 0 Å². The SMILES string of the molecule is COC1=CC=C(C(=O)Nc2c(Cl)c[n+](O)cc2Cl)C2C=CC(C(F)(F)F)=NC12. The summed E-state index contributed by atoms with van der Waals surface area (Å²) in [5.41, 5.74) is -0.850. The maximum Gasteiger partial charge on any atom is 0.432 e. The van der Waals surface area contributed by atoms with Crippen molar-refractivity contribution in [3.8, 4) is 0 Å². The first kappa shape index (κ1) is 20.2. The minimum Gasteiger partial charge on any atom is -0.499 e. The molecule has 0 saturated carbocycles. The Labute approximate surface area is 167 Å². The molecule has 1 aromatic heterocycles. The van der Waals surface area contributed by atoms with Gasteiger partial charge in [0.15, 0.2) is 0 Å². The fourth-order valence-electron chi connectivity index (χ4n) is 2.87. The zero-order valence-corrected chi connectivity index (χ0v) is 15.7. The van der Waals surface area contributed by atoms with E-state index in [-0.39, 0.29) is 27.1 Å². The zero-order valence-electron chi connectivity index (χ0n) is 14.2. The fourth-order valence-corrected chi connectivity index (χ4v) is 3.42. The van der Waals surface area contributed by atoms with Gasteiger partial charge < -0.3 is 10.1 Å². The van der Waals surface area contributed by atoms with Gasteiger partial charge in [0.1, 0.15) is 27.6 Å². The molecule has 3 rings (SSSR count). The fraction of sp³-hybridized carbons (Fsp3) is 0.235. The number of anilines is 1. The third-order valence-corrected chi connectivity index (χ3v) is 4.73. The summed E-state index contributed by atoms with van der Waals surface area (Å²) in [6.45, 7) is 0. The molecule has 1 aliphatic heterocycles. The summed E-state index contributed by atoms with van der Waals surface area (Å²) in [5, 5.41) is 11.8.